The first-order valence-corrected chi connectivity index (χ1v) is 10.9. The predicted octanol–water partition coefficient (Wildman–Crippen LogP) is 5.46. The van der Waals surface area contributed by atoms with Gasteiger partial charge in [-0.2, -0.15) is 0 Å². The van der Waals surface area contributed by atoms with Gasteiger partial charge < -0.3 is 9.84 Å². The molecule has 0 bridgehead atoms. The minimum absolute atomic E-state index is 0.109. The molecule has 0 aliphatic carbocycles. The summed E-state index contributed by atoms with van der Waals surface area (Å²) in [5, 5.41) is 9.36. The third-order valence-corrected chi connectivity index (χ3v) is 6.05. The van der Waals surface area contributed by atoms with E-state index in [0.717, 1.165) is 24.4 Å². The third kappa shape index (κ3) is 5.33. The summed E-state index contributed by atoms with van der Waals surface area (Å²) in [7, 11) is 0. The second-order valence-corrected chi connectivity index (χ2v) is 8.31. The Morgan fingerprint density at radius 1 is 0.968 bits per heavy atom. The van der Waals surface area contributed by atoms with Crippen LogP contribution in [-0.2, 0) is 11.4 Å². The molecule has 4 nitrogen and oxygen atoms in total. The zero-order valence-electron chi connectivity index (χ0n) is 17.9. The Morgan fingerprint density at radius 2 is 1.68 bits per heavy atom. The second-order valence-electron chi connectivity index (χ2n) is 8.31. The van der Waals surface area contributed by atoms with Crippen molar-refractivity contribution in [1.82, 2.24) is 4.90 Å². The predicted molar refractivity (Wildman–Crippen MR) is 122 cm³/mol. The van der Waals surface area contributed by atoms with Crippen LogP contribution in [0.3, 0.4) is 0 Å². The van der Waals surface area contributed by atoms with E-state index in [2.05, 4.69) is 60.4 Å². The summed E-state index contributed by atoms with van der Waals surface area (Å²) in [6, 6.07) is 27.2. The molecule has 1 saturated heterocycles. The Morgan fingerprint density at radius 3 is 2.32 bits per heavy atom. The van der Waals surface area contributed by atoms with Gasteiger partial charge in [0.15, 0.2) is 0 Å². The van der Waals surface area contributed by atoms with Gasteiger partial charge in [-0.15, -0.1) is 0 Å². The van der Waals surface area contributed by atoms with Crippen LogP contribution in [0.2, 0.25) is 0 Å². The summed E-state index contributed by atoms with van der Waals surface area (Å²) in [4.78, 5) is 13.8. The van der Waals surface area contributed by atoms with Gasteiger partial charge in [-0.3, -0.25) is 9.69 Å². The molecule has 31 heavy (non-hydrogen) atoms. The van der Waals surface area contributed by atoms with E-state index in [9.17, 15) is 9.90 Å². The van der Waals surface area contributed by atoms with Gasteiger partial charge in [-0.1, -0.05) is 72.3 Å². The van der Waals surface area contributed by atoms with Gasteiger partial charge in [-0.05, 0) is 61.7 Å². The Kier molecular flexibility index (Phi) is 6.68. The Hall–Kier alpha value is -3.11. The fourth-order valence-corrected chi connectivity index (χ4v) is 4.35. The van der Waals surface area contributed by atoms with Gasteiger partial charge in [0.05, 0.1) is 12.0 Å². The number of carboxylic acids is 1. The lowest BCUT2D eigenvalue weighted by Crippen LogP contribution is -2.39. The lowest BCUT2D eigenvalue weighted by molar-refractivity contribution is -0.143. The monoisotopic (exact) mass is 415 g/mol. The fourth-order valence-electron chi connectivity index (χ4n) is 4.35. The maximum atomic E-state index is 11.4. The van der Waals surface area contributed by atoms with Crippen molar-refractivity contribution in [2.75, 3.05) is 13.1 Å². The van der Waals surface area contributed by atoms with Crippen molar-refractivity contribution in [3.8, 4) is 5.75 Å². The van der Waals surface area contributed by atoms with Gasteiger partial charge in [0.2, 0.25) is 0 Å². The third-order valence-electron chi connectivity index (χ3n) is 6.05. The van der Waals surface area contributed by atoms with E-state index in [0.29, 0.717) is 19.4 Å². The number of aryl methyl sites for hydroxylation is 1. The van der Waals surface area contributed by atoms with E-state index in [1.54, 1.807) is 0 Å². The van der Waals surface area contributed by atoms with E-state index >= 15 is 0 Å². The lowest BCUT2D eigenvalue weighted by atomic mass is 9.91. The van der Waals surface area contributed by atoms with Crippen molar-refractivity contribution in [2.45, 2.75) is 32.4 Å². The van der Waals surface area contributed by atoms with Gasteiger partial charge >= 0.3 is 5.97 Å². The highest BCUT2D eigenvalue weighted by Crippen LogP contribution is 2.33. The number of ether oxygens (including phenoxy) is 1. The number of nitrogens with zero attached hydrogens (tertiary/aromatic N) is 1. The summed E-state index contributed by atoms with van der Waals surface area (Å²) >= 11 is 0. The molecule has 0 radical (unpaired) electrons. The van der Waals surface area contributed by atoms with Gasteiger partial charge in [0.1, 0.15) is 12.4 Å². The highest BCUT2D eigenvalue weighted by Gasteiger charge is 2.30. The normalized spacial score (nSPS) is 16.0. The lowest BCUT2D eigenvalue weighted by Gasteiger charge is -2.37. The summed E-state index contributed by atoms with van der Waals surface area (Å²) < 4.78 is 5.96. The molecule has 0 amide bonds. The highest BCUT2D eigenvalue weighted by molar-refractivity contribution is 5.70. The first-order chi connectivity index (χ1) is 15.1. The second kappa shape index (κ2) is 9.80. The largest absolute Gasteiger partial charge is 0.489 e. The topological polar surface area (TPSA) is 49.8 Å². The Balaban J connectivity index is 1.53. The summed E-state index contributed by atoms with van der Waals surface area (Å²) in [5.41, 5.74) is 4.81. The van der Waals surface area contributed by atoms with Crippen LogP contribution in [0.15, 0.2) is 78.9 Å². The first kappa shape index (κ1) is 21.1. The van der Waals surface area contributed by atoms with Crippen LogP contribution in [0.5, 0.6) is 5.75 Å². The quantitative estimate of drug-likeness (QED) is 0.557. The number of hydrogen-bond donors (Lipinski definition) is 1. The molecule has 0 spiro atoms. The van der Waals surface area contributed by atoms with Crippen LogP contribution in [0.4, 0.5) is 0 Å². The molecule has 1 aliphatic heterocycles. The van der Waals surface area contributed by atoms with Crippen LogP contribution >= 0.6 is 0 Å². The molecule has 1 atom stereocenters. The van der Waals surface area contributed by atoms with E-state index in [1.165, 1.54) is 16.7 Å². The van der Waals surface area contributed by atoms with E-state index in [4.69, 9.17) is 4.74 Å². The van der Waals surface area contributed by atoms with Crippen molar-refractivity contribution < 1.29 is 14.6 Å². The zero-order valence-corrected chi connectivity index (χ0v) is 17.9. The van der Waals surface area contributed by atoms with E-state index in [1.807, 2.05) is 30.3 Å². The Labute approximate surface area is 184 Å². The molecule has 3 aromatic rings. The average molecular weight is 416 g/mol. The molecule has 4 rings (SSSR count). The van der Waals surface area contributed by atoms with Crippen molar-refractivity contribution in [2.24, 2.45) is 5.92 Å². The van der Waals surface area contributed by atoms with Crippen molar-refractivity contribution in [3.05, 3.63) is 101 Å². The van der Waals surface area contributed by atoms with Crippen molar-refractivity contribution in [3.63, 3.8) is 0 Å². The van der Waals surface area contributed by atoms with Crippen molar-refractivity contribution in [1.29, 1.82) is 0 Å². The highest BCUT2D eigenvalue weighted by atomic mass is 16.5. The number of benzene rings is 3. The maximum Gasteiger partial charge on any atom is 0.306 e. The van der Waals surface area contributed by atoms with Crippen LogP contribution in [0.1, 0.15) is 41.1 Å². The minimum Gasteiger partial charge on any atom is -0.489 e. The molecule has 1 N–H and O–H groups in total. The molecule has 0 aromatic heterocycles. The van der Waals surface area contributed by atoms with Crippen molar-refractivity contribution >= 4 is 5.97 Å². The summed E-state index contributed by atoms with van der Waals surface area (Å²) in [5.74, 6) is -0.0602. The summed E-state index contributed by atoms with van der Waals surface area (Å²) in [6.07, 6.45) is 1.38. The minimum atomic E-state index is -0.674. The standard InChI is InChI=1S/C27H29NO3/c1-20-6-5-9-24(18-20)26(28-16-14-23(15-17-28)27(29)30)22-10-12-25(13-11-22)31-19-21-7-3-2-4-8-21/h2-13,18,23,26H,14-17,19H2,1H3,(H,29,30). The molecule has 1 fully saturated rings. The van der Waals surface area contributed by atoms with Gasteiger partial charge in [0.25, 0.3) is 0 Å². The summed E-state index contributed by atoms with van der Waals surface area (Å²) in [6.45, 7) is 4.21. The number of piperidine rings is 1. The molecular formula is C27H29NO3. The zero-order chi connectivity index (χ0) is 21.6. The molecule has 0 saturated carbocycles. The number of aliphatic carboxylic acids is 1. The SMILES string of the molecule is Cc1cccc(C(c2ccc(OCc3ccccc3)cc2)N2CCC(C(=O)O)CC2)c1. The smallest absolute Gasteiger partial charge is 0.306 e. The number of hydrogen-bond acceptors (Lipinski definition) is 3. The first-order valence-electron chi connectivity index (χ1n) is 10.9. The number of carboxylic acid groups (broad SMARTS) is 1. The molecule has 1 aliphatic rings. The molecule has 1 heterocycles. The number of likely N-dealkylation sites (tertiary alicyclic amines) is 1. The molecule has 160 valence electrons. The fraction of sp³-hybridized carbons (Fsp3) is 0.296. The van der Waals surface area contributed by atoms with Gasteiger partial charge in [0, 0.05) is 0 Å². The molecule has 4 heteroatoms. The molecule has 1 unspecified atom stereocenters. The van der Waals surface area contributed by atoms with Crippen LogP contribution < -0.4 is 4.74 Å². The van der Waals surface area contributed by atoms with Crippen LogP contribution in [0.25, 0.3) is 0 Å². The molecule has 3 aromatic carbocycles. The Bertz CT molecular complexity index is 993. The van der Waals surface area contributed by atoms with E-state index in [-0.39, 0.29) is 12.0 Å². The average Bonchev–Trinajstić information content (AvgIpc) is 2.80. The number of rotatable bonds is 7. The number of carbonyl (C=O) groups is 1. The van der Waals surface area contributed by atoms with Gasteiger partial charge in [-0.25, -0.2) is 0 Å². The van der Waals surface area contributed by atoms with Crippen LogP contribution in [-0.4, -0.2) is 29.1 Å². The van der Waals surface area contributed by atoms with E-state index < -0.39 is 5.97 Å². The maximum absolute atomic E-state index is 11.4. The molecular weight excluding hydrogens is 386 g/mol. The van der Waals surface area contributed by atoms with Crippen LogP contribution in [0, 0.1) is 12.8 Å².